The van der Waals surface area contributed by atoms with Crippen molar-refractivity contribution >= 4 is 12.0 Å². The Hall–Kier alpha value is -2.08. The number of rotatable bonds is 3. The maximum absolute atomic E-state index is 12.3. The molecule has 0 aliphatic heterocycles. The SMILES string of the molecule is CC(C)(C)c1ccc(C=C(C#N)C(=O)NC2CCCCC2)cc1. The van der Waals surface area contributed by atoms with Crippen LogP contribution in [-0.2, 0) is 10.2 Å². The van der Waals surface area contributed by atoms with Gasteiger partial charge in [0.25, 0.3) is 5.91 Å². The Morgan fingerprint density at radius 3 is 2.30 bits per heavy atom. The second-order valence-electron chi connectivity index (χ2n) is 7.35. The van der Waals surface area contributed by atoms with Gasteiger partial charge in [0.05, 0.1) is 0 Å². The van der Waals surface area contributed by atoms with Crippen molar-refractivity contribution in [3.63, 3.8) is 0 Å². The molecule has 1 fully saturated rings. The Balaban J connectivity index is 2.08. The number of nitriles is 1. The first kappa shape index (κ1) is 17.3. The second-order valence-corrected chi connectivity index (χ2v) is 7.35. The number of amides is 1. The fraction of sp³-hybridized carbons (Fsp3) is 0.500. The number of hydrogen-bond donors (Lipinski definition) is 1. The molecule has 1 aromatic carbocycles. The number of nitrogens with zero attached hydrogens (tertiary/aromatic N) is 1. The third kappa shape index (κ3) is 4.96. The number of carbonyl (C=O) groups excluding carboxylic acids is 1. The van der Waals surface area contributed by atoms with Crippen LogP contribution in [0.2, 0.25) is 0 Å². The lowest BCUT2D eigenvalue weighted by Crippen LogP contribution is -2.36. The summed E-state index contributed by atoms with van der Waals surface area (Å²) in [5, 5.41) is 12.3. The largest absolute Gasteiger partial charge is 0.349 e. The average Bonchev–Trinajstić information content (AvgIpc) is 2.53. The third-order valence-electron chi connectivity index (χ3n) is 4.39. The molecule has 1 aliphatic carbocycles. The molecular formula is C20H26N2O. The monoisotopic (exact) mass is 310 g/mol. The van der Waals surface area contributed by atoms with Gasteiger partial charge in [0.15, 0.2) is 0 Å². The molecule has 0 spiro atoms. The van der Waals surface area contributed by atoms with Gasteiger partial charge in [-0.2, -0.15) is 5.26 Å². The highest BCUT2D eigenvalue weighted by atomic mass is 16.1. The van der Waals surface area contributed by atoms with Gasteiger partial charge < -0.3 is 5.32 Å². The van der Waals surface area contributed by atoms with Crippen molar-refractivity contribution < 1.29 is 4.79 Å². The van der Waals surface area contributed by atoms with E-state index in [4.69, 9.17) is 0 Å². The van der Waals surface area contributed by atoms with Crippen molar-refractivity contribution in [3.05, 3.63) is 41.0 Å². The van der Waals surface area contributed by atoms with E-state index in [1.165, 1.54) is 12.0 Å². The van der Waals surface area contributed by atoms with Crippen LogP contribution in [0.4, 0.5) is 0 Å². The lowest BCUT2D eigenvalue weighted by molar-refractivity contribution is -0.117. The minimum atomic E-state index is -0.251. The van der Waals surface area contributed by atoms with Gasteiger partial charge in [-0.3, -0.25) is 4.79 Å². The lowest BCUT2D eigenvalue weighted by atomic mass is 9.86. The molecule has 0 radical (unpaired) electrons. The topological polar surface area (TPSA) is 52.9 Å². The Labute approximate surface area is 139 Å². The van der Waals surface area contributed by atoms with E-state index in [1.54, 1.807) is 6.08 Å². The van der Waals surface area contributed by atoms with Gasteiger partial charge in [0.2, 0.25) is 0 Å². The fourth-order valence-corrected chi connectivity index (χ4v) is 2.90. The maximum atomic E-state index is 12.3. The fourth-order valence-electron chi connectivity index (χ4n) is 2.90. The summed E-state index contributed by atoms with van der Waals surface area (Å²) >= 11 is 0. The van der Waals surface area contributed by atoms with Gasteiger partial charge in [-0.05, 0) is 35.5 Å². The molecular weight excluding hydrogens is 284 g/mol. The summed E-state index contributed by atoms with van der Waals surface area (Å²) in [6.07, 6.45) is 7.27. The average molecular weight is 310 g/mol. The molecule has 0 aromatic heterocycles. The van der Waals surface area contributed by atoms with Crippen LogP contribution in [0.1, 0.15) is 64.0 Å². The molecule has 0 saturated heterocycles. The number of hydrogen-bond acceptors (Lipinski definition) is 2. The predicted molar refractivity (Wildman–Crippen MR) is 93.7 cm³/mol. The molecule has 1 amide bonds. The standard InChI is InChI=1S/C20H26N2O/c1-20(2,3)17-11-9-15(10-12-17)13-16(14-21)19(23)22-18-7-5-4-6-8-18/h9-13,18H,4-8H2,1-3H3,(H,22,23). The summed E-state index contributed by atoms with van der Waals surface area (Å²) < 4.78 is 0. The molecule has 3 nitrogen and oxygen atoms in total. The van der Waals surface area contributed by atoms with Crippen molar-refractivity contribution in [3.8, 4) is 6.07 Å². The van der Waals surface area contributed by atoms with Crippen LogP contribution in [0.15, 0.2) is 29.8 Å². The van der Waals surface area contributed by atoms with Crippen molar-refractivity contribution in [2.75, 3.05) is 0 Å². The van der Waals surface area contributed by atoms with E-state index in [2.05, 4.69) is 38.2 Å². The van der Waals surface area contributed by atoms with E-state index in [-0.39, 0.29) is 22.9 Å². The first-order valence-electron chi connectivity index (χ1n) is 8.43. The summed E-state index contributed by atoms with van der Waals surface area (Å²) in [6.45, 7) is 6.49. The minimum Gasteiger partial charge on any atom is -0.349 e. The smallest absolute Gasteiger partial charge is 0.262 e. The number of benzene rings is 1. The predicted octanol–water partition coefficient (Wildman–Crippen LogP) is 4.34. The van der Waals surface area contributed by atoms with Crippen molar-refractivity contribution in [2.24, 2.45) is 0 Å². The zero-order chi connectivity index (χ0) is 16.9. The highest BCUT2D eigenvalue weighted by molar-refractivity contribution is 6.01. The molecule has 1 aliphatic rings. The lowest BCUT2D eigenvalue weighted by Gasteiger charge is -2.22. The van der Waals surface area contributed by atoms with Gasteiger partial charge in [0, 0.05) is 6.04 Å². The van der Waals surface area contributed by atoms with Crippen LogP contribution in [-0.4, -0.2) is 11.9 Å². The second kappa shape index (κ2) is 7.46. The van der Waals surface area contributed by atoms with Crippen LogP contribution < -0.4 is 5.32 Å². The number of nitrogens with one attached hydrogen (secondary N) is 1. The normalized spacial score (nSPS) is 16.7. The van der Waals surface area contributed by atoms with Gasteiger partial charge >= 0.3 is 0 Å². The molecule has 0 bridgehead atoms. The van der Waals surface area contributed by atoms with E-state index in [0.29, 0.717) is 0 Å². The summed E-state index contributed by atoms with van der Waals surface area (Å²) in [4.78, 5) is 12.3. The quantitative estimate of drug-likeness (QED) is 0.667. The molecule has 2 rings (SSSR count). The van der Waals surface area contributed by atoms with E-state index in [0.717, 1.165) is 31.2 Å². The summed E-state index contributed by atoms with van der Waals surface area (Å²) in [5.74, 6) is -0.251. The molecule has 0 atom stereocenters. The highest BCUT2D eigenvalue weighted by Crippen LogP contribution is 2.23. The first-order valence-corrected chi connectivity index (χ1v) is 8.43. The summed E-state index contributed by atoms with van der Waals surface area (Å²) in [7, 11) is 0. The van der Waals surface area contributed by atoms with Gasteiger partial charge in [-0.25, -0.2) is 0 Å². The third-order valence-corrected chi connectivity index (χ3v) is 4.39. The van der Waals surface area contributed by atoms with Gasteiger partial charge in [-0.15, -0.1) is 0 Å². The Bertz CT molecular complexity index is 609. The Morgan fingerprint density at radius 2 is 1.78 bits per heavy atom. The van der Waals surface area contributed by atoms with Crippen molar-refractivity contribution in [2.45, 2.75) is 64.3 Å². The zero-order valence-corrected chi connectivity index (χ0v) is 14.4. The summed E-state index contributed by atoms with van der Waals surface area (Å²) in [6, 6.07) is 10.3. The zero-order valence-electron chi connectivity index (χ0n) is 14.4. The molecule has 1 saturated carbocycles. The van der Waals surface area contributed by atoms with Crippen LogP contribution in [0.3, 0.4) is 0 Å². The van der Waals surface area contributed by atoms with Crippen LogP contribution in [0.5, 0.6) is 0 Å². The van der Waals surface area contributed by atoms with E-state index in [9.17, 15) is 10.1 Å². The highest BCUT2D eigenvalue weighted by Gasteiger charge is 2.18. The minimum absolute atomic E-state index is 0.0959. The Morgan fingerprint density at radius 1 is 1.17 bits per heavy atom. The van der Waals surface area contributed by atoms with Crippen LogP contribution >= 0.6 is 0 Å². The Kier molecular flexibility index (Phi) is 5.60. The van der Waals surface area contributed by atoms with Crippen molar-refractivity contribution in [1.82, 2.24) is 5.32 Å². The molecule has 0 heterocycles. The van der Waals surface area contributed by atoms with E-state index >= 15 is 0 Å². The molecule has 122 valence electrons. The van der Waals surface area contributed by atoms with Crippen molar-refractivity contribution in [1.29, 1.82) is 5.26 Å². The molecule has 1 N–H and O–H groups in total. The molecule has 3 heteroatoms. The van der Waals surface area contributed by atoms with Gasteiger partial charge in [-0.1, -0.05) is 64.3 Å². The molecule has 23 heavy (non-hydrogen) atoms. The molecule has 1 aromatic rings. The van der Waals surface area contributed by atoms with E-state index in [1.807, 2.05) is 18.2 Å². The summed E-state index contributed by atoms with van der Waals surface area (Å²) in [5.41, 5.74) is 2.39. The van der Waals surface area contributed by atoms with Crippen LogP contribution in [0, 0.1) is 11.3 Å². The molecule has 0 unspecified atom stereocenters. The first-order chi connectivity index (χ1) is 10.9. The van der Waals surface area contributed by atoms with Crippen LogP contribution in [0.25, 0.3) is 6.08 Å². The number of carbonyl (C=O) groups is 1. The maximum Gasteiger partial charge on any atom is 0.262 e. The van der Waals surface area contributed by atoms with Gasteiger partial charge in [0.1, 0.15) is 11.6 Å². The van der Waals surface area contributed by atoms with E-state index < -0.39 is 0 Å².